The first kappa shape index (κ1) is 17.9. The van der Waals surface area contributed by atoms with Crippen LogP contribution in [0.5, 0.6) is 0 Å². The number of likely N-dealkylation sites (tertiary alicyclic amines) is 1. The van der Waals surface area contributed by atoms with Gasteiger partial charge in [-0.1, -0.05) is 0 Å². The van der Waals surface area contributed by atoms with Gasteiger partial charge in [0, 0.05) is 37.4 Å². The summed E-state index contributed by atoms with van der Waals surface area (Å²) in [4.78, 5) is 30.5. The summed E-state index contributed by atoms with van der Waals surface area (Å²) in [5.74, 6) is 0.132. The Hall–Kier alpha value is -1.44. The molecule has 1 atom stereocenters. The molecular formula is C19H26N2O4S. The molecule has 142 valence electrons. The van der Waals surface area contributed by atoms with Gasteiger partial charge in [0.1, 0.15) is 0 Å². The largest absolute Gasteiger partial charge is 0.348 e. The number of carbonyl (C=O) groups excluding carboxylic acids is 2. The highest BCUT2D eigenvalue weighted by molar-refractivity contribution is 7.10. The average Bonchev–Trinajstić information content (AvgIpc) is 3.36. The molecule has 0 saturated carbocycles. The van der Waals surface area contributed by atoms with Gasteiger partial charge in [-0.25, -0.2) is 0 Å². The van der Waals surface area contributed by atoms with Crippen LogP contribution in [0.4, 0.5) is 0 Å². The molecule has 0 spiro atoms. The Kier molecular flexibility index (Phi) is 5.57. The lowest BCUT2D eigenvalue weighted by molar-refractivity contribution is -0.152. The van der Waals surface area contributed by atoms with Crippen LogP contribution < -0.4 is 0 Å². The maximum Gasteiger partial charge on any atom is 0.223 e. The van der Waals surface area contributed by atoms with Crippen LogP contribution in [0, 0.1) is 0 Å². The molecule has 1 unspecified atom stereocenters. The zero-order valence-corrected chi connectivity index (χ0v) is 15.8. The molecule has 4 heterocycles. The van der Waals surface area contributed by atoms with Crippen molar-refractivity contribution in [2.45, 2.75) is 57.4 Å². The van der Waals surface area contributed by atoms with Gasteiger partial charge >= 0.3 is 0 Å². The average molecular weight is 378 g/mol. The second kappa shape index (κ2) is 8.06. The molecule has 1 aromatic rings. The van der Waals surface area contributed by atoms with Crippen molar-refractivity contribution in [1.82, 2.24) is 9.80 Å². The Balaban J connectivity index is 1.30. The summed E-state index contributed by atoms with van der Waals surface area (Å²) in [6.45, 7) is 3.38. The Labute approximate surface area is 158 Å². The van der Waals surface area contributed by atoms with E-state index in [2.05, 4.69) is 11.4 Å². The summed E-state index contributed by atoms with van der Waals surface area (Å²) in [6.07, 6.45) is 4.20. The second-order valence-corrected chi connectivity index (χ2v) is 8.20. The van der Waals surface area contributed by atoms with Crippen LogP contribution in [0.25, 0.3) is 0 Å². The van der Waals surface area contributed by atoms with Crippen LogP contribution >= 0.6 is 11.3 Å². The van der Waals surface area contributed by atoms with Crippen LogP contribution in [0.3, 0.4) is 0 Å². The number of amides is 2. The molecule has 0 aliphatic carbocycles. The molecule has 2 saturated heterocycles. The summed E-state index contributed by atoms with van der Waals surface area (Å²) < 4.78 is 11.3. The number of rotatable bonds is 4. The standard InChI is InChI=1S/C19H26N2O4S/c22-17(20-9-6-16-14(13-20)7-12-26-16)4-5-18(23)21-8-2-1-3-15(21)19-24-10-11-25-19/h7,12,15,19H,1-6,8-11,13H2. The Bertz CT molecular complexity index is 656. The summed E-state index contributed by atoms with van der Waals surface area (Å²) in [5, 5.41) is 2.09. The molecule has 0 bridgehead atoms. The fourth-order valence-corrected chi connectivity index (χ4v) is 5.02. The monoisotopic (exact) mass is 378 g/mol. The molecule has 0 aromatic carbocycles. The minimum absolute atomic E-state index is 0.00259. The molecule has 6 nitrogen and oxygen atoms in total. The Morgan fingerprint density at radius 3 is 2.77 bits per heavy atom. The zero-order chi connectivity index (χ0) is 17.9. The summed E-state index contributed by atoms with van der Waals surface area (Å²) in [6, 6.07) is 2.10. The summed E-state index contributed by atoms with van der Waals surface area (Å²) in [7, 11) is 0. The molecule has 26 heavy (non-hydrogen) atoms. The van der Waals surface area contributed by atoms with Gasteiger partial charge in [0.15, 0.2) is 6.29 Å². The van der Waals surface area contributed by atoms with Gasteiger partial charge in [0.2, 0.25) is 11.8 Å². The molecule has 2 fully saturated rings. The number of carbonyl (C=O) groups is 2. The third-order valence-electron chi connectivity index (χ3n) is 5.54. The fourth-order valence-electron chi connectivity index (χ4n) is 4.13. The lowest BCUT2D eigenvalue weighted by Crippen LogP contribution is -2.50. The van der Waals surface area contributed by atoms with E-state index >= 15 is 0 Å². The fraction of sp³-hybridized carbons (Fsp3) is 0.684. The van der Waals surface area contributed by atoms with Crippen LogP contribution in [0.1, 0.15) is 42.5 Å². The lowest BCUT2D eigenvalue weighted by atomic mass is 10.0. The predicted octanol–water partition coefficient (Wildman–Crippen LogP) is 2.17. The van der Waals surface area contributed by atoms with Crippen molar-refractivity contribution in [3.05, 3.63) is 21.9 Å². The normalized spacial score (nSPS) is 23.9. The van der Waals surface area contributed by atoms with E-state index < -0.39 is 0 Å². The van der Waals surface area contributed by atoms with E-state index in [1.54, 1.807) is 11.3 Å². The number of thiophene rings is 1. The minimum Gasteiger partial charge on any atom is -0.348 e. The van der Waals surface area contributed by atoms with Gasteiger partial charge in [-0.15, -0.1) is 11.3 Å². The first-order chi connectivity index (χ1) is 12.7. The number of ether oxygens (including phenoxy) is 2. The lowest BCUT2D eigenvalue weighted by Gasteiger charge is -2.38. The molecule has 1 aromatic heterocycles. The van der Waals surface area contributed by atoms with E-state index in [1.165, 1.54) is 10.4 Å². The van der Waals surface area contributed by atoms with Crippen molar-refractivity contribution in [3.8, 4) is 0 Å². The SMILES string of the molecule is O=C(CCC(=O)N1CCCCC1C1OCCO1)N1CCc2sccc2C1. The van der Waals surface area contributed by atoms with E-state index in [4.69, 9.17) is 9.47 Å². The minimum atomic E-state index is -0.297. The van der Waals surface area contributed by atoms with Crippen LogP contribution in [-0.4, -0.2) is 60.2 Å². The van der Waals surface area contributed by atoms with E-state index in [0.717, 1.165) is 38.8 Å². The topological polar surface area (TPSA) is 59.1 Å². The van der Waals surface area contributed by atoms with Gasteiger partial charge in [-0.05, 0) is 42.7 Å². The van der Waals surface area contributed by atoms with Crippen molar-refractivity contribution in [2.24, 2.45) is 0 Å². The highest BCUT2D eigenvalue weighted by atomic mass is 32.1. The van der Waals surface area contributed by atoms with Crippen molar-refractivity contribution in [1.29, 1.82) is 0 Å². The second-order valence-electron chi connectivity index (χ2n) is 7.19. The van der Waals surface area contributed by atoms with Gasteiger partial charge < -0.3 is 19.3 Å². The van der Waals surface area contributed by atoms with Crippen molar-refractivity contribution < 1.29 is 19.1 Å². The molecule has 3 aliphatic heterocycles. The first-order valence-corrected chi connectivity index (χ1v) is 10.5. The van der Waals surface area contributed by atoms with Gasteiger partial charge in [-0.2, -0.15) is 0 Å². The smallest absolute Gasteiger partial charge is 0.223 e. The van der Waals surface area contributed by atoms with Crippen LogP contribution in [0.15, 0.2) is 11.4 Å². The van der Waals surface area contributed by atoms with E-state index in [-0.39, 0.29) is 37.0 Å². The zero-order valence-electron chi connectivity index (χ0n) is 15.0. The number of hydrogen-bond donors (Lipinski definition) is 0. The van der Waals surface area contributed by atoms with Crippen molar-refractivity contribution in [2.75, 3.05) is 26.3 Å². The first-order valence-electron chi connectivity index (χ1n) is 9.58. The van der Waals surface area contributed by atoms with Gasteiger partial charge in [-0.3, -0.25) is 9.59 Å². The number of fused-ring (bicyclic) bond motifs is 1. The molecule has 3 aliphatic rings. The third-order valence-corrected chi connectivity index (χ3v) is 6.57. The Morgan fingerprint density at radius 1 is 1.12 bits per heavy atom. The van der Waals surface area contributed by atoms with Crippen molar-refractivity contribution >= 4 is 23.2 Å². The number of nitrogens with zero attached hydrogens (tertiary/aromatic N) is 2. The number of piperidine rings is 1. The predicted molar refractivity (Wildman–Crippen MR) is 97.7 cm³/mol. The summed E-state index contributed by atoms with van der Waals surface area (Å²) >= 11 is 1.77. The molecule has 2 amide bonds. The molecule has 0 N–H and O–H groups in total. The molecule has 7 heteroatoms. The number of hydrogen-bond acceptors (Lipinski definition) is 5. The van der Waals surface area contributed by atoms with E-state index in [1.807, 2.05) is 9.80 Å². The maximum absolute atomic E-state index is 12.8. The molecule has 4 rings (SSSR count). The van der Waals surface area contributed by atoms with E-state index in [0.29, 0.717) is 19.8 Å². The molecular weight excluding hydrogens is 352 g/mol. The molecule has 0 radical (unpaired) electrons. The van der Waals surface area contributed by atoms with E-state index in [9.17, 15) is 9.59 Å². The van der Waals surface area contributed by atoms with Crippen LogP contribution in [-0.2, 0) is 32.0 Å². The highest BCUT2D eigenvalue weighted by Gasteiger charge is 2.36. The van der Waals surface area contributed by atoms with Gasteiger partial charge in [0.25, 0.3) is 0 Å². The third kappa shape index (κ3) is 3.80. The van der Waals surface area contributed by atoms with Crippen LogP contribution in [0.2, 0.25) is 0 Å². The maximum atomic E-state index is 12.8. The Morgan fingerprint density at radius 2 is 1.92 bits per heavy atom. The highest BCUT2D eigenvalue weighted by Crippen LogP contribution is 2.26. The quantitative estimate of drug-likeness (QED) is 0.806. The summed E-state index contributed by atoms with van der Waals surface area (Å²) in [5.41, 5.74) is 1.26. The van der Waals surface area contributed by atoms with Crippen molar-refractivity contribution in [3.63, 3.8) is 0 Å². The van der Waals surface area contributed by atoms with Gasteiger partial charge in [0.05, 0.1) is 19.3 Å².